The average molecular weight is 278 g/mol. The molecule has 114 valence electrons. The van der Waals surface area contributed by atoms with Crippen molar-refractivity contribution in [1.29, 1.82) is 0 Å². The zero-order valence-electron chi connectivity index (χ0n) is 13.4. The predicted octanol–water partition coefficient (Wildman–Crippen LogP) is 4.83. The van der Waals surface area contributed by atoms with Crippen molar-refractivity contribution in [2.24, 2.45) is 0 Å². The van der Waals surface area contributed by atoms with E-state index < -0.39 is 0 Å². The second kappa shape index (κ2) is 8.72. The first kappa shape index (κ1) is 16.7. The fourth-order valence-electron chi connectivity index (χ4n) is 2.37. The Bertz CT molecular complexity index is 391. The third kappa shape index (κ3) is 6.18. The van der Waals surface area contributed by atoms with Crippen LogP contribution in [-0.2, 0) is 0 Å². The highest BCUT2D eigenvalue weighted by molar-refractivity contribution is 5.59. The van der Waals surface area contributed by atoms with Crippen molar-refractivity contribution in [2.75, 3.05) is 11.1 Å². The molecule has 0 aliphatic heterocycles. The predicted molar refractivity (Wildman–Crippen MR) is 88.5 cm³/mol. The van der Waals surface area contributed by atoms with E-state index in [1.54, 1.807) is 0 Å². The van der Waals surface area contributed by atoms with E-state index in [-0.39, 0.29) is 6.10 Å². The monoisotopic (exact) mass is 278 g/mol. The van der Waals surface area contributed by atoms with Gasteiger partial charge in [0.15, 0.2) is 0 Å². The molecule has 1 aromatic carbocycles. The van der Waals surface area contributed by atoms with Crippen LogP contribution in [0.15, 0.2) is 18.2 Å². The molecular weight excluding hydrogens is 248 g/mol. The minimum atomic E-state index is 0.163. The number of anilines is 2. The van der Waals surface area contributed by atoms with Crippen LogP contribution in [0.2, 0.25) is 0 Å². The number of nitrogens with one attached hydrogen (secondary N) is 1. The normalized spacial score (nSPS) is 12.4. The van der Waals surface area contributed by atoms with Gasteiger partial charge >= 0.3 is 0 Å². The van der Waals surface area contributed by atoms with E-state index in [1.165, 1.54) is 32.1 Å². The smallest absolute Gasteiger partial charge is 0.123 e. The van der Waals surface area contributed by atoms with Gasteiger partial charge in [0.25, 0.3) is 0 Å². The molecule has 0 aliphatic rings. The Morgan fingerprint density at radius 2 is 1.85 bits per heavy atom. The van der Waals surface area contributed by atoms with Crippen LogP contribution in [0.1, 0.15) is 59.8 Å². The second-order valence-corrected chi connectivity index (χ2v) is 5.73. The van der Waals surface area contributed by atoms with Crippen LogP contribution in [-0.4, -0.2) is 12.1 Å². The molecule has 0 saturated heterocycles. The van der Waals surface area contributed by atoms with E-state index in [9.17, 15) is 0 Å². The molecule has 0 bridgehead atoms. The first-order chi connectivity index (χ1) is 9.55. The summed E-state index contributed by atoms with van der Waals surface area (Å²) in [5, 5.41) is 3.61. The largest absolute Gasteiger partial charge is 0.491 e. The summed E-state index contributed by atoms with van der Waals surface area (Å²) in [5.74, 6) is 0.841. The average Bonchev–Trinajstić information content (AvgIpc) is 2.34. The number of ether oxygens (including phenoxy) is 1. The van der Waals surface area contributed by atoms with Crippen molar-refractivity contribution in [1.82, 2.24) is 0 Å². The van der Waals surface area contributed by atoms with Crippen LogP contribution < -0.4 is 15.8 Å². The van der Waals surface area contributed by atoms with Gasteiger partial charge in [-0.3, -0.25) is 0 Å². The molecule has 0 spiro atoms. The van der Waals surface area contributed by atoms with Crippen molar-refractivity contribution >= 4 is 11.4 Å². The highest BCUT2D eigenvalue weighted by Gasteiger charge is 2.09. The Hall–Kier alpha value is -1.38. The van der Waals surface area contributed by atoms with Gasteiger partial charge in [0.2, 0.25) is 0 Å². The molecule has 0 fully saturated rings. The standard InChI is InChI=1S/C17H30N2O/c1-5-7-9-15(8-6-2)19-16-10-14(18)11-17(12-16)20-13(3)4/h10-13,15,19H,5-9,18H2,1-4H3. The Labute approximate surface area is 123 Å². The quantitative estimate of drug-likeness (QED) is 0.636. The molecule has 1 aromatic rings. The van der Waals surface area contributed by atoms with E-state index in [1.807, 2.05) is 32.0 Å². The van der Waals surface area contributed by atoms with E-state index in [2.05, 4.69) is 19.2 Å². The molecule has 1 unspecified atom stereocenters. The molecule has 3 N–H and O–H groups in total. The van der Waals surface area contributed by atoms with Gasteiger partial charge in [0, 0.05) is 29.5 Å². The van der Waals surface area contributed by atoms with Crippen LogP contribution >= 0.6 is 0 Å². The van der Waals surface area contributed by atoms with E-state index >= 15 is 0 Å². The van der Waals surface area contributed by atoms with Gasteiger partial charge in [0.1, 0.15) is 5.75 Å². The van der Waals surface area contributed by atoms with Gasteiger partial charge in [-0.25, -0.2) is 0 Å². The molecule has 0 aromatic heterocycles. The molecule has 0 aliphatic carbocycles. The second-order valence-electron chi connectivity index (χ2n) is 5.73. The molecular formula is C17H30N2O. The molecule has 20 heavy (non-hydrogen) atoms. The van der Waals surface area contributed by atoms with Gasteiger partial charge in [-0.1, -0.05) is 33.1 Å². The lowest BCUT2D eigenvalue weighted by atomic mass is 10.0. The van der Waals surface area contributed by atoms with Crippen LogP contribution in [0.4, 0.5) is 11.4 Å². The van der Waals surface area contributed by atoms with Crippen LogP contribution in [0.5, 0.6) is 5.75 Å². The molecule has 0 radical (unpaired) electrons. The van der Waals surface area contributed by atoms with Crippen LogP contribution in [0, 0.1) is 0 Å². The van der Waals surface area contributed by atoms with Gasteiger partial charge in [-0.15, -0.1) is 0 Å². The fourth-order valence-corrected chi connectivity index (χ4v) is 2.37. The molecule has 0 saturated carbocycles. The lowest BCUT2D eigenvalue weighted by molar-refractivity contribution is 0.242. The third-order valence-electron chi connectivity index (χ3n) is 3.21. The van der Waals surface area contributed by atoms with E-state index in [4.69, 9.17) is 10.5 Å². The van der Waals surface area contributed by atoms with Crippen LogP contribution in [0.25, 0.3) is 0 Å². The van der Waals surface area contributed by atoms with Crippen molar-refractivity contribution in [2.45, 2.75) is 71.9 Å². The SMILES string of the molecule is CCCCC(CCC)Nc1cc(N)cc(OC(C)C)c1. The summed E-state index contributed by atoms with van der Waals surface area (Å²) in [7, 11) is 0. The van der Waals surface area contributed by atoms with E-state index in [0.29, 0.717) is 6.04 Å². The maximum atomic E-state index is 5.96. The number of hydrogen-bond donors (Lipinski definition) is 2. The molecule has 3 heteroatoms. The zero-order chi connectivity index (χ0) is 15.0. The molecule has 1 atom stereocenters. The van der Waals surface area contributed by atoms with Crippen molar-refractivity contribution in [3.63, 3.8) is 0 Å². The van der Waals surface area contributed by atoms with Crippen molar-refractivity contribution in [3.05, 3.63) is 18.2 Å². The van der Waals surface area contributed by atoms with Gasteiger partial charge in [-0.05, 0) is 32.8 Å². The van der Waals surface area contributed by atoms with Crippen LogP contribution in [0.3, 0.4) is 0 Å². The summed E-state index contributed by atoms with van der Waals surface area (Å²) in [6, 6.07) is 6.44. The Balaban J connectivity index is 2.74. The summed E-state index contributed by atoms with van der Waals surface area (Å²) in [6.07, 6.45) is 6.25. The summed E-state index contributed by atoms with van der Waals surface area (Å²) in [4.78, 5) is 0. The minimum Gasteiger partial charge on any atom is -0.491 e. The fraction of sp³-hybridized carbons (Fsp3) is 0.647. The van der Waals surface area contributed by atoms with E-state index in [0.717, 1.165) is 17.1 Å². The third-order valence-corrected chi connectivity index (χ3v) is 3.21. The highest BCUT2D eigenvalue weighted by Crippen LogP contribution is 2.25. The first-order valence-corrected chi connectivity index (χ1v) is 7.88. The molecule has 0 amide bonds. The summed E-state index contributed by atoms with van der Waals surface area (Å²) < 4.78 is 5.74. The number of rotatable bonds is 9. The Kier molecular flexibility index (Phi) is 7.27. The number of hydrogen-bond acceptors (Lipinski definition) is 3. The minimum absolute atomic E-state index is 0.163. The lowest BCUT2D eigenvalue weighted by Gasteiger charge is -2.20. The molecule has 0 heterocycles. The summed E-state index contributed by atoms with van der Waals surface area (Å²) >= 11 is 0. The lowest BCUT2D eigenvalue weighted by Crippen LogP contribution is -2.19. The molecule has 3 nitrogen and oxygen atoms in total. The Morgan fingerprint density at radius 3 is 2.45 bits per heavy atom. The zero-order valence-corrected chi connectivity index (χ0v) is 13.4. The number of unbranched alkanes of at least 4 members (excludes halogenated alkanes) is 1. The topological polar surface area (TPSA) is 47.3 Å². The number of nitrogens with two attached hydrogens (primary N) is 1. The van der Waals surface area contributed by atoms with Gasteiger partial charge < -0.3 is 15.8 Å². The summed E-state index contributed by atoms with van der Waals surface area (Å²) in [5.41, 5.74) is 7.78. The van der Waals surface area contributed by atoms with Gasteiger partial charge in [0.05, 0.1) is 6.10 Å². The maximum absolute atomic E-state index is 5.96. The van der Waals surface area contributed by atoms with Crippen molar-refractivity contribution < 1.29 is 4.74 Å². The summed E-state index contributed by atoms with van der Waals surface area (Å²) in [6.45, 7) is 8.51. The molecule has 1 rings (SSSR count). The first-order valence-electron chi connectivity index (χ1n) is 7.88. The Morgan fingerprint density at radius 1 is 1.10 bits per heavy atom. The number of benzene rings is 1. The highest BCUT2D eigenvalue weighted by atomic mass is 16.5. The van der Waals surface area contributed by atoms with Gasteiger partial charge in [-0.2, -0.15) is 0 Å². The van der Waals surface area contributed by atoms with Crippen molar-refractivity contribution in [3.8, 4) is 5.75 Å². The number of nitrogen functional groups attached to an aromatic ring is 1. The maximum Gasteiger partial charge on any atom is 0.123 e.